The van der Waals surface area contributed by atoms with E-state index in [0.29, 0.717) is 11.3 Å². The average molecular weight is 284 g/mol. The van der Waals surface area contributed by atoms with Gasteiger partial charge in [-0.25, -0.2) is 13.6 Å². The lowest BCUT2D eigenvalue weighted by molar-refractivity contribution is 0.102. The second kappa shape index (κ2) is 4.48. The molecule has 2 heterocycles. The highest BCUT2D eigenvalue weighted by Crippen LogP contribution is 2.18. The molecular formula is C9H12N6O3S. The number of aryl methyl sites for hydroxylation is 2. The van der Waals surface area contributed by atoms with Crippen LogP contribution in [-0.2, 0) is 17.1 Å². The number of aromatic amines is 1. The summed E-state index contributed by atoms with van der Waals surface area (Å²) in [4.78, 5) is 11.7. The number of amides is 1. The fourth-order valence-electron chi connectivity index (χ4n) is 1.52. The molecule has 2 rings (SSSR count). The van der Waals surface area contributed by atoms with Gasteiger partial charge in [-0.15, -0.1) is 0 Å². The molecule has 0 aromatic carbocycles. The smallest absolute Gasteiger partial charge is 0.260 e. The summed E-state index contributed by atoms with van der Waals surface area (Å²) < 4.78 is 24.0. The quantitative estimate of drug-likeness (QED) is 0.688. The van der Waals surface area contributed by atoms with Crippen LogP contribution in [0.25, 0.3) is 0 Å². The summed E-state index contributed by atoms with van der Waals surface area (Å²) in [6.07, 6.45) is 2.55. The normalized spacial score (nSPS) is 11.5. The van der Waals surface area contributed by atoms with E-state index in [2.05, 4.69) is 20.6 Å². The molecule has 10 heteroatoms. The maximum absolute atomic E-state index is 11.9. The number of rotatable bonds is 3. The molecule has 0 unspecified atom stereocenters. The van der Waals surface area contributed by atoms with Gasteiger partial charge in [-0.1, -0.05) is 0 Å². The van der Waals surface area contributed by atoms with Crippen molar-refractivity contribution in [2.75, 3.05) is 5.32 Å². The van der Waals surface area contributed by atoms with E-state index in [1.165, 1.54) is 24.1 Å². The van der Waals surface area contributed by atoms with E-state index in [9.17, 15) is 13.2 Å². The van der Waals surface area contributed by atoms with Crippen molar-refractivity contribution in [3.8, 4) is 0 Å². The Balaban J connectivity index is 2.35. The number of sulfonamides is 1. The zero-order valence-corrected chi connectivity index (χ0v) is 11.0. The third kappa shape index (κ3) is 2.63. The zero-order valence-electron chi connectivity index (χ0n) is 10.2. The molecule has 4 N–H and O–H groups in total. The van der Waals surface area contributed by atoms with E-state index in [0.717, 1.165) is 0 Å². The molecule has 9 nitrogen and oxygen atoms in total. The minimum atomic E-state index is -3.96. The molecule has 1 amide bonds. The number of nitrogens with two attached hydrogens (primary N) is 1. The van der Waals surface area contributed by atoms with Gasteiger partial charge < -0.3 is 5.32 Å². The van der Waals surface area contributed by atoms with Crippen molar-refractivity contribution in [2.24, 2.45) is 12.2 Å². The number of carbonyl (C=O) groups is 1. The number of hydrogen-bond donors (Lipinski definition) is 3. The van der Waals surface area contributed by atoms with Crippen molar-refractivity contribution in [2.45, 2.75) is 11.8 Å². The van der Waals surface area contributed by atoms with Gasteiger partial charge >= 0.3 is 0 Å². The first-order valence-electron chi connectivity index (χ1n) is 5.17. The number of hydrogen-bond acceptors (Lipinski definition) is 5. The van der Waals surface area contributed by atoms with Crippen LogP contribution in [0.15, 0.2) is 17.3 Å². The van der Waals surface area contributed by atoms with Gasteiger partial charge in [0.1, 0.15) is 4.90 Å². The second-order valence-electron chi connectivity index (χ2n) is 3.92. The maximum atomic E-state index is 11.9. The summed E-state index contributed by atoms with van der Waals surface area (Å²) in [5.41, 5.74) is 0.858. The van der Waals surface area contributed by atoms with E-state index < -0.39 is 15.9 Å². The van der Waals surface area contributed by atoms with Crippen LogP contribution in [0.1, 0.15) is 16.1 Å². The van der Waals surface area contributed by atoms with Crippen LogP contribution in [0.3, 0.4) is 0 Å². The molecule has 0 saturated heterocycles. The first-order chi connectivity index (χ1) is 8.79. The van der Waals surface area contributed by atoms with Crippen molar-refractivity contribution in [1.82, 2.24) is 20.0 Å². The highest BCUT2D eigenvalue weighted by atomic mass is 32.2. The Bertz CT molecular complexity index is 729. The molecule has 2 aromatic rings. The van der Waals surface area contributed by atoms with Crippen LogP contribution in [0.2, 0.25) is 0 Å². The molecular weight excluding hydrogens is 272 g/mol. The van der Waals surface area contributed by atoms with Gasteiger partial charge in [0, 0.05) is 18.9 Å². The molecule has 0 bridgehead atoms. The molecule has 0 saturated carbocycles. The van der Waals surface area contributed by atoms with Gasteiger partial charge in [0.2, 0.25) is 10.0 Å². The summed E-state index contributed by atoms with van der Waals surface area (Å²) in [5.74, 6) is -0.634. The SMILES string of the molecule is Cc1[nH]ncc1C(=O)Nc1nn(C)cc1S(N)(=O)=O. The molecule has 0 radical (unpaired) electrons. The molecule has 0 aliphatic rings. The van der Waals surface area contributed by atoms with Crippen molar-refractivity contribution in [1.29, 1.82) is 0 Å². The Kier molecular flexibility index (Phi) is 3.12. The molecule has 0 fully saturated rings. The molecule has 0 atom stereocenters. The molecule has 2 aromatic heterocycles. The van der Waals surface area contributed by atoms with E-state index in [1.807, 2.05) is 0 Å². The van der Waals surface area contributed by atoms with Crippen LogP contribution >= 0.6 is 0 Å². The number of carbonyl (C=O) groups excluding carboxylic acids is 1. The number of nitrogens with zero attached hydrogens (tertiary/aromatic N) is 3. The minimum absolute atomic E-state index is 0.115. The highest BCUT2D eigenvalue weighted by Gasteiger charge is 2.21. The minimum Gasteiger partial charge on any atom is -0.304 e. The van der Waals surface area contributed by atoms with Crippen molar-refractivity contribution in [3.63, 3.8) is 0 Å². The van der Waals surface area contributed by atoms with Gasteiger partial charge in [-0.3, -0.25) is 14.6 Å². The Labute approximate surface area is 108 Å². The van der Waals surface area contributed by atoms with Gasteiger partial charge in [0.05, 0.1) is 11.8 Å². The van der Waals surface area contributed by atoms with E-state index >= 15 is 0 Å². The van der Waals surface area contributed by atoms with Crippen LogP contribution < -0.4 is 10.5 Å². The number of anilines is 1. The number of nitrogens with one attached hydrogen (secondary N) is 2. The summed E-state index contributed by atoms with van der Waals surface area (Å²) >= 11 is 0. The molecule has 0 spiro atoms. The molecule has 102 valence electrons. The lowest BCUT2D eigenvalue weighted by atomic mass is 10.2. The molecule has 0 aliphatic carbocycles. The Morgan fingerprint density at radius 1 is 1.53 bits per heavy atom. The maximum Gasteiger partial charge on any atom is 0.260 e. The molecule has 19 heavy (non-hydrogen) atoms. The van der Waals surface area contributed by atoms with Crippen LogP contribution in [0.4, 0.5) is 5.82 Å². The third-order valence-electron chi connectivity index (χ3n) is 2.41. The Morgan fingerprint density at radius 2 is 2.21 bits per heavy atom. The van der Waals surface area contributed by atoms with Gasteiger partial charge in [-0.05, 0) is 6.92 Å². The monoisotopic (exact) mass is 284 g/mol. The van der Waals surface area contributed by atoms with Gasteiger partial charge in [0.25, 0.3) is 5.91 Å². The lowest BCUT2D eigenvalue weighted by Gasteiger charge is -2.02. The average Bonchev–Trinajstić information content (AvgIpc) is 2.84. The van der Waals surface area contributed by atoms with E-state index in [1.54, 1.807) is 6.92 Å². The third-order valence-corrected chi connectivity index (χ3v) is 3.32. The van der Waals surface area contributed by atoms with Gasteiger partial charge in [-0.2, -0.15) is 10.2 Å². The van der Waals surface area contributed by atoms with E-state index in [-0.39, 0.29) is 10.7 Å². The Hall–Kier alpha value is -2.20. The summed E-state index contributed by atoms with van der Waals surface area (Å²) in [5, 5.41) is 17.6. The number of aromatic nitrogens is 4. The highest BCUT2D eigenvalue weighted by molar-refractivity contribution is 7.89. The van der Waals surface area contributed by atoms with Crippen LogP contribution in [-0.4, -0.2) is 34.3 Å². The number of H-pyrrole nitrogens is 1. The van der Waals surface area contributed by atoms with E-state index in [4.69, 9.17) is 5.14 Å². The van der Waals surface area contributed by atoms with Crippen LogP contribution in [0.5, 0.6) is 0 Å². The topological polar surface area (TPSA) is 136 Å². The fraction of sp³-hybridized carbons (Fsp3) is 0.222. The largest absolute Gasteiger partial charge is 0.304 e. The van der Waals surface area contributed by atoms with Crippen molar-refractivity contribution < 1.29 is 13.2 Å². The summed E-state index contributed by atoms with van der Waals surface area (Å²) in [7, 11) is -2.44. The standard InChI is InChI=1S/C9H12N6O3S/c1-5-6(3-11-13-5)9(16)12-8-7(19(10,17)18)4-15(2)14-8/h3-4H,1-2H3,(H,11,13)(H2,10,17,18)(H,12,14,16). The predicted octanol–water partition coefficient (Wildman–Crippen LogP) is -0.649. The van der Waals surface area contributed by atoms with Crippen LogP contribution in [0, 0.1) is 6.92 Å². The second-order valence-corrected chi connectivity index (χ2v) is 5.45. The fourth-order valence-corrected chi connectivity index (χ4v) is 2.18. The lowest BCUT2D eigenvalue weighted by Crippen LogP contribution is -2.18. The first-order valence-corrected chi connectivity index (χ1v) is 6.71. The molecule has 0 aliphatic heterocycles. The summed E-state index contributed by atoms with van der Waals surface area (Å²) in [6.45, 7) is 1.67. The number of primary sulfonamides is 1. The predicted molar refractivity (Wildman–Crippen MR) is 65.9 cm³/mol. The van der Waals surface area contributed by atoms with Gasteiger partial charge in [0.15, 0.2) is 5.82 Å². The Morgan fingerprint density at radius 3 is 2.74 bits per heavy atom. The summed E-state index contributed by atoms with van der Waals surface area (Å²) in [6, 6.07) is 0. The zero-order chi connectivity index (χ0) is 14.2. The van der Waals surface area contributed by atoms with Crippen molar-refractivity contribution >= 4 is 21.7 Å². The van der Waals surface area contributed by atoms with Crippen molar-refractivity contribution in [3.05, 3.63) is 23.7 Å². The first kappa shape index (κ1) is 13.2.